The van der Waals surface area contributed by atoms with Crippen LogP contribution in [0.25, 0.3) is 22.2 Å². The maximum Gasteiger partial charge on any atom is 0.264 e. The minimum Gasteiger partial charge on any atom is -0.337 e. The highest BCUT2D eigenvalue weighted by Gasteiger charge is 2.20. The number of anilines is 2. The van der Waals surface area contributed by atoms with E-state index in [0.29, 0.717) is 33.7 Å². The van der Waals surface area contributed by atoms with Gasteiger partial charge in [-0.05, 0) is 69.7 Å². The summed E-state index contributed by atoms with van der Waals surface area (Å²) in [5.41, 5.74) is 6.73. The summed E-state index contributed by atoms with van der Waals surface area (Å²) in [6.07, 6.45) is 0. The molecule has 0 radical (unpaired) electrons. The summed E-state index contributed by atoms with van der Waals surface area (Å²) in [6.45, 7) is 7.50. The lowest BCUT2D eigenvalue weighted by molar-refractivity contribution is 0.102. The van der Waals surface area contributed by atoms with Crippen LogP contribution in [0.2, 0.25) is 0 Å². The third kappa shape index (κ3) is 4.88. The maximum atomic E-state index is 13.4. The molecule has 0 atom stereocenters. The number of carbonyl (C=O) groups is 1. The first kappa shape index (κ1) is 25.2. The van der Waals surface area contributed by atoms with Crippen LogP contribution in [0.4, 0.5) is 11.6 Å². The molecule has 5 rings (SSSR count). The number of hydrogen-bond acceptors (Lipinski definition) is 6. The Morgan fingerprint density at radius 2 is 1.63 bits per heavy atom. The van der Waals surface area contributed by atoms with Gasteiger partial charge in [0.15, 0.2) is 0 Å². The summed E-state index contributed by atoms with van der Waals surface area (Å²) in [4.78, 5) is 18.2. The second kappa shape index (κ2) is 9.75. The highest BCUT2D eigenvalue weighted by atomic mass is 32.2. The molecule has 9 heteroatoms. The molecular formula is C29H26N4O4S. The van der Waals surface area contributed by atoms with Crippen LogP contribution in [0.1, 0.15) is 32.7 Å². The first-order chi connectivity index (χ1) is 18.1. The van der Waals surface area contributed by atoms with E-state index in [9.17, 15) is 13.2 Å². The zero-order valence-corrected chi connectivity index (χ0v) is 22.2. The number of nitrogens with zero attached hydrogens (tertiary/aromatic N) is 2. The van der Waals surface area contributed by atoms with Crippen molar-refractivity contribution in [1.29, 1.82) is 0 Å². The van der Waals surface area contributed by atoms with E-state index in [1.54, 1.807) is 32.0 Å². The van der Waals surface area contributed by atoms with Crippen LogP contribution in [0.5, 0.6) is 0 Å². The largest absolute Gasteiger partial charge is 0.337 e. The van der Waals surface area contributed by atoms with Gasteiger partial charge in [0.25, 0.3) is 15.9 Å². The average Bonchev–Trinajstić information content (AvgIpc) is 3.20. The van der Waals surface area contributed by atoms with Gasteiger partial charge in [0.1, 0.15) is 0 Å². The van der Waals surface area contributed by atoms with E-state index in [4.69, 9.17) is 9.51 Å². The summed E-state index contributed by atoms with van der Waals surface area (Å²) in [6, 6.07) is 21.3. The standard InChI is InChI=1S/C29H26N4O4S/c1-17-9-14-23(18(2)15-17)27-16-25(24-7-5-6-8-26(24)31-27)28(34)30-21-10-12-22(13-11-21)38(35,36)33-29-19(3)20(4)32-37-29/h5-16,33H,1-4H3,(H,30,34). The molecule has 0 saturated carbocycles. The predicted octanol–water partition coefficient (Wildman–Crippen LogP) is 6.18. The Balaban J connectivity index is 1.43. The molecule has 5 aromatic rings. The highest BCUT2D eigenvalue weighted by molar-refractivity contribution is 7.92. The van der Waals surface area contributed by atoms with E-state index < -0.39 is 10.0 Å². The van der Waals surface area contributed by atoms with Crippen molar-refractivity contribution in [2.75, 3.05) is 10.0 Å². The van der Waals surface area contributed by atoms with Crippen LogP contribution < -0.4 is 10.0 Å². The van der Waals surface area contributed by atoms with Crippen molar-refractivity contribution in [3.05, 3.63) is 101 Å². The van der Waals surface area contributed by atoms with Crippen LogP contribution >= 0.6 is 0 Å². The van der Waals surface area contributed by atoms with Crippen molar-refractivity contribution in [3.8, 4) is 11.3 Å². The maximum absolute atomic E-state index is 13.4. The molecule has 192 valence electrons. The molecule has 0 aliphatic rings. The Hall–Kier alpha value is -4.50. The molecule has 1 amide bonds. The van der Waals surface area contributed by atoms with Gasteiger partial charge in [-0.3, -0.25) is 4.79 Å². The number of sulfonamides is 1. The third-order valence-corrected chi connectivity index (χ3v) is 7.77. The zero-order chi connectivity index (χ0) is 27.0. The van der Waals surface area contributed by atoms with E-state index in [1.807, 2.05) is 50.2 Å². The molecule has 0 saturated heterocycles. The van der Waals surface area contributed by atoms with E-state index >= 15 is 0 Å². The third-order valence-electron chi connectivity index (χ3n) is 6.43. The number of aromatic nitrogens is 2. The lowest BCUT2D eigenvalue weighted by Gasteiger charge is -2.13. The van der Waals surface area contributed by atoms with Crippen LogP contribution in [0, 0.1) is 27.7 Å². The fraction of sp³-hybridized carbons (Fsp3) is 0.138. The minimum atomic E-state index is -3.90. The van der Waals surface area contributed by atoms with Gasteiger partial charge in [-0.15, -0.1) is 0 Å². The lowest BCUT2D eigenvalue weighted by Crippen LogP contribution is -2.15. The predicted molar refractivity (Wildman–Crippen MR) is 148 cm³/mol. The van der Waals surface area contributed by atoms with Gasteiger partial charge < -0.3 is 9.84 Å². The fourth-order valence-electron chi connectivity index (χ4n) is 4.21. The van der Waals surface area contributed by atoms with Crippen molar-refractivity contribution < 1.29 is 17.7 Å². The monoisotopic (exact) mass is 526 g/mol. The highest BCUT2D eigenvalue weighted by Crippen LogP contribution is 2.29. The van der Waals surface area contributed by atoms with Gasteiger partial charge in [0, 0.05) is 22.2 Å². The molecule has 0 aliphatic carbocycles. The van der Waals surface area contributed by atoms with Crippen molar-refractivity contribution in [2.45, 2.75) is 32.6 Å². The number of carbonyl (C=O) groups excluding carboxylic acids is 1. The molecular weight excluding hydrogens is 500 g/mol. The van der Waals surface area contributed by atoms with E-state index in [-0.39, 0.29) is 16.7 Å². The van der Waals surface area contributed by atoms with E-state index in [2.05, 4.69) is 21.3 Å². The molecule has 8 nitrogen and oxygen atoms in total. The van der Waals surface area contributed by atoms with Gasteiger partial charge in [-0.25, -0.2) is 18.1 Å². The van der Waals surface area contributed by atoms with Gasteiger partial charge in [-0.1, -0.05) is 47.1 Å². The number of hydrogen-bond donors (Lipinski definition) is 2. The zero-order valence-electron chi connectivity index (χ0n) is 21.4. The number of amides is 1. The number of fused-ring (bicyclic) bond motifs is 1. The summed E-state index contributed by atoms with van der Waals surface area (Å²) in [5, 5.41) is 7.38. The van der Waals surface area contributed by atoms with Crippen molar-refractivity contribution in [1.82, 2.24) is 10.1 Å². The molecule has 0 unspecified atom stereocenters. The second-order valence-electron chi connectivity index (χ2n) is 9.20. The number of para-hydroxylation sites is 1. The summed E-state index contributed by atoms with van der Waals surface area (Å²) in [7, 11) is -3.90. The Morgan fingerprint density at radius 3 is 2.32 bits per heavy atom. The van der Waals surface area contributed by atoms with Crippen LogP contribution in [0.3, 0.4) is 0 Å². The first-order valence-electron chi connectivity index (χ1n) is 12.0. The molecule has 2 N–H and O–H groups in total. The lowest BCUT2D eigenvalue weighted by atomic mass is 9.99. The van der Waals surface area contributed by atoms with Gasteiger partial charge in [0.05, 0.1) is 27.4 Å². The van der Waals surface area contributed by atoms with Crippen molar-refractivity contribution >= 4 is 38.4 Å². The Morgan fingerprint density at radius 1 is 0.895 bits per heavy atom. The molecule has 0 spiro atoms. The molecule has 3 aromatic carbocycles. The molecule has 0 bridgehead atoms. The molecule has 0 aliphatic heterocycles. The molecule has 38 heavy (non-hydrogen) atoms. The Bertz CT molecular complexity index is 1790. The fourth-order valence-corrected chi connectivity index (χ4v) is 5.26. The van der Waals surface area contributed by atoms with Gasteiger partial charge in [-0.2, -0.15) is 0 Å². The number of rotatable bonds is 6. The smallest absolute Gasteiger partial charge is 0.264 e. The normalized spacial score (nSPS) is 11.5. The molecule has 0 fully saturated rings. The summed E-state index contributed by atoms with van der Waals surface area (Å²) in [5.74, 6) is -0.250. The number of benzene rings is 3. The second-order valence-corrected chi connectivity index (χ2v) is 10.9. The number of pyridine rings is 1. The average molecular weight is 527 g/mol. The SMILES string of the molecule is Cc1ccc(-c2cc(C(=O)Nc3ccc(S(=O)(=O)Nc4onc(C)c4C)cc3)c3ccccc3n2)c(C)c1. The first-order valence-corrected chi connectivity index (χ1v) is 13.5. The van der Waals surface area contributed by atoms with Crippen LogP contribution in [-0.4, -0.2) is 24.5 Å². The Kier molecular flexibility index (Phi) is 6.46. The summed E-state index contributed by atoms with van der Waals surface area (Å²) >= 11 is 0. The van der Waals surface area contributed by atoms with Crippen LogP contribution in [-0.2, 0) is 10.0 Å². The molecule has 2 heterocycles. The molecule has 2 aromatic heterocycles. The van der Waals surface area contributed by atoms with Crippen LogP contribution in [0.15, 0.2) is 82.2 Å². The van der Waals surface area contributed by atoms with Crippen molar-refractivity contribution in [3.63, 3.8) is 0 Å². The minimum absolute atomic E-state index is 0.0236. The number of nitrogens with one attached hydrogen (secondary N) is 2. The quantitative estimate of drug-likeness (QED) is 0.273. The topological polar surface area (TPSA) is 114 Å². The van der Waals surface area contributed by atoms with Gasteiger partial charge in [0.2, 0.25) is 5.88 Å². The van der Waals surface area contributed by atoms with E-state index in [1.165, 1.54) is 12.1 Å². The number of aryl methyl sites for hydroxylation is 3. The van der Waals surface area contributed by atoms with Gasteiger partial charge >= 0.3 is 0 Å². The summed E-state index contributed by atoms with van der Waals surface area (Å²) < 4.78 is 33.1. The van der Waals surface area contributed by atoms with E-state index in [0.717, 1.165) is 22.1 Å². The van der Waals surface area contributed by atoms with Crippen molar-refractivity contribution in [2.24, 2.45) is 0 Å². The Labute approximate surface area is 220 Å².